The van der Waals surface area contributed by atoms with Crippen LogP contribution < -0.4 is 0 Å². The number of aliphatic hydroxyl groups excluding tert-OH is 1. The van der Waals surface area contributed by atoms with E-state index >= 15 is 0 Å². The van der Waals surface area contributed by atoms with Crippen LogP contribution >= 0.6 is 0 Å². The average Bonchev–Trinajstić information content (AvgIpc) is 2.56. The lowest BCUT2D eigenvalue weighted by atomic mass is 9.93. The Kier molecular flexibility index (Phi) is 3.83. The van der Waals surface area contributed by atoms with E-state index in [0.717, 1.165) is 17.5 Å². The van der Waals surface area contributed by atoms with E-state index < -0.39 is 11.9 Å². The van der Waals surface area contributed by atoms with Gasteiger partial charge >= 0.3 is 0 Å². The molecule has 0 radical (unpaired) electrons. The predicted molar refractivity (Wildman–Crippen MR) is 76.0 cm³/mol. The van der Waals surface area contributed by atoms with Crippen LogP contribution in [0.5, 0.6) is 0 Å². The molecular weight excluding hydrogens is 252 g/mol. The Morgan fingerprint density at radius 1 is 0.850 bits per heavy atom. The van der Waals surface area contributed by atoms with Crippen molar-refractivity contribution in [1.82, 2.24) is 0 Å². The molecule has 1 aliphatic heterocycles. The van der Waals surface area contributed by atoms with E-state index in [-0.39, 0.29) is 0 Å². The van der Waals surface area contributed by atoms with Gasteiger partial charge in [-0.1, -0.05) is 60.7 Å². The molecule has 1 heterocycles. The summed E-state index contributed by atoms with van der Waals surface area (Å²) in [6.45, 7) is 1.16. The van der Waals surface area contributed by atoms with Crippen molar-refractivity contribution in [3.8, 4) is 0 Å². The molecule has 3 nitrogen and oxygen atoms in total. The molecule has 0 aliphatic carbocycles. The summed E-state index contributed by atoms with van der Waals surface area (Å²) in [5, 5.41) is 10.8. The first-order chi connectivity index (χ1) is 9.83. The molecule has 20 heavy (non-hydrogen) atoms. The minimum atomic E-state index is -1.11. The smallest absolute Gasteiger partial charge is 0.226 e. The van der Waals surface area contributed by atoms with Crippen LogP contribution in [0.1, 0.15) is 23.7 Å². The summed E-state index contributed by atoms with van der Waals surface area (Å²) in [6.07, 6.45) is -0.0118. The molecule has 1 fully saturated rings. The molecule has 0 amide bonds. The predicted octanol–water partition coefficient (Wildman–Crippen LogP) is 3.01. The first-order valence-corrected chi connectivity index (χ1v) is 6.89. The third-order valence-electron chi connectivity index (χ3n) is 3.57. The second kappa shape index (κ2) is 5.75. The molecule has 3 heteroatoms. The molecule has 1 N–H and O–H groups in total. The van der Waals surface area contributed by atoms with Gasteiger partial charge in [-0.05, 0) is 12.0 Å². The Bertz CT molecular complexity index is 533. The normalized spacial score (nSPS) is 19.4. The quantitative estimate of drug-likeness (QED) is 0.931. The number of aliphatic hydroxyl groups is 1. The van der Waals surface area contributed by atoms with Crippen LogP contribution in [0.25, 0.3) is 0 Å². The van der Waals surface area contributed by atoms with Crippen molar-refractivity contribution >= 4 is 0 Å². The molecule has 0 aromatic heterocycles. The molecule has 0 bridgehead atoms. The number of rotatable bonds is 3. The molecule has 0 spiro atoms. The molecule has 2 aromatic rings. The van der Waals surface area contributed by atoms with Crippen molar-refractivity contribution in [2.24, 2.45) is 0 Å². The third-order valence-corrected chi connectivity index (χ3v) is 3.57. The van der Waals surface area contributed by atoms with Gasteiger partial charge in [-0.15, -0.1) is 0 Å². The molecule has 1 saturated heterocycles. The van der Waals surface area contributed by atoms with Gasteiger partial charge in [0, 0.05) is 5.56 Å². The zero-order chi connectivity index (χ0) is 13.8. The Balaban J connectivity index is 2.02. The lowest BCUT2D eigenvalue weighted by Gasteiger charge is -2.41. The molecule has 1 aliphatic rings. The SMILES string of the molecule is OC(c1ccccc1)C1(c2ccccc2)OCCCO1. The van der Waals surface area contributed by atoms with Gasteiger partial charge in [-0.3, -0.25) is 0 Å². The fraction of sp³-hybridized carbons (Fsp3) is 0.294. The van der Waals surface area contributed by atoms with Crippen molar-refractivity contribution in [2.45, 2.75) is 18.3 Å². The van der Waals surface area contributed by atoms with Crippen LogP contribution in [0.15, 0.2) is 60.7 Å². The average molecular weight is 270 g/mol. The Labute approximate surface area is 118 Å². The molecule has 2 aromatic carbocycles. The monoisotopic (exact) mass is 270 g/mol. The van der Waals surface area contributed by atoms with Crippen LogP contribution in [0.2, 0.25) is 0 Å². The highest BCUT2D eigenvalue weighted by molar-refractivity contribution is 5.28. The highest BCUT2D eigenvalue weighted by Gasteiger charge is 2.44. The lowest BCUT2D eigenvalue weighted by Crippen LogP contribution is -2.43. The Morgan fingerprint density at radius 2 is 1.40 bits per heavy atom. The van der Waals surface area contributed by atoms with Gasteiger partial charge < -0.3 is 14.6 Å². The van der Waals surface area contributed by atoms with E-state index in [4.69, 9.17) is 9.47 Å². The molecule has 1 atom stereocenters. The minimum Gasteiger partial charge on any atom is -0.382 e. The second-order valence-electron chi connectivity index (χ2n) is 4.90. The summed E-state index contributed by atoms with van der Waals surface area (Å²) in [7, 11) is 0. The van der Waals surface area contributed by atoms with Gasteiger partial charge in [0.1, 0.15) is 6.10 Å². The topological polar surface area (TPSA) is 38.7 Å². The van der Waals surface area contributed by atoms with Crippen LogP contribution in [0.4, 0.5) is 0 Å². The Morgan fingerprint density at radius 3 is 2.00 bits per heavy atom. The lowest BCUT2D eigenvalue weighted by molar-refractivity contribution is -0.320. The van der Waals surface area contributed by atoms with Crippen molar-refractivity contribution in [2.75, 3.05) is 13.2 Å². The molecular formula is C17H18O3. The summed E-state index contributed by atoms with van der Waals surface area (Å²) in [6, 6.07) is 19.2. The summed E-state index contributed by atoms with van der Waals surface area (Å²) in [5.74, 6) is -1.11. The number of ether oxygens (including phenoxy) is 2. The fourth-order valence-corrected chi connectivity index (χ4v) is 2.56. The first kappa shape index (κ1) is 13.3. The van der Waals surface area contributed by atoms with Gasteiger partial charge in [-0.25, -0.2) is 0 Å². The Hall–Kier alpha value is -1.68. The molecule has 3 rings (SSSR count). The molecule has 104 valence electrons. The number of benzene rings is 2. The maximum atomic E-state index is 10.8. The van der Waals surface area contributed by atoms with E-state index in [1.54, 1.807) is 0 Å². The summed E-state index contributed by atoms with van der Waals surface area (Å²) >= 11 is 0. The molecule has 1 unspecified atom stereocenters. The summed E-state index contributed by atoms with van der Waals surface area (Å²) in [5.41, 5.74) is 1.63. The fourth-order valence-electron chi connectivity index (χ4n) is 2.56. The van der Waals surface area contributed by atoms with Crippen molar-refractivity contribution < 1.29 is 14.6 Å². The first-order valence-electron chi connectivity index (χ1n) is 6.89. The van der Waals surface area contributed by atoms with Gasteiger partial charge in [-0.2, -0.15) is 0 Å². The van der Waals surface area contributed by atoms with E-state index in [2.05, 4.69) is 0 Å². The molecule has 0 saturated carbocycles. The zero-order valence-corrected chi connectivity index (χ0v) is 11.2. The zero-order valence-electron chi connectivity index (χ0n) is 11.2. The highest BCUT2D eigenvalue weighted by atomic mass is 16.7. The van der Waals surface area contributed by atoms with Crippen LogP contribution in [-0.2, 0) is 15.3 Å². The van der Waals surface area contributed by atoms with Crippen molar-refractivity contribution in [3.05, 3.63) is 71.8 Å². The van der Waals surface area contributed by atoms with Crippen molar-refractivity contribution in [1.29, 1.82) is 0 Å². The largest absolute Gasteiger partial charge is 0.382 e. The number of hydrogen-bond donors (Lipinski definition) is 1. The standard InChI is InChI=1S/C17H18O3/c18-16(14-8-3-1-4-9-14)17(19-12-7-13-20-17)15-10-5-2-6-11-15/h1-6,8-11,16,18H,7,12-13H2. The third kappa shape index (κ3) is 2.36. The second-order valence-corrected chi connectivity index (χ2v) is 4.90. The maximum absolute atomic E-state index is 10.8. The summed E-state index contributed by atoms with van der Waals surface area (Å²) < 4.78 is 11.8. The van der Waals surface area contributed by atoms with E-state index in [1.807, 2.05) is 60.7 Å². The van der Waals surface area contributed by atoms with E-state index in [9.17, 15) is 5.11 Å². The van der Waals surface area contributed by atoms with Gasteiger partial charge in [0.25, 0.3) is 0 Å². The van der Waals surface area contributed by atoms with Crippen LogP contribution in [0, 0.1) is 0 Å². The van der Waals surface area contributed by atoms with Gasteiger partial charge in [0.05, 0.1) is 13.2 Å². The van der Waals surface area contributed by atoms with Gasteiger partial charge in [0.15, 0.2) is 0 Å². The van der Waals surface area contributed by atoms with E-state index in [1.165, 1.54) is 0 Å². The summed E-state index contributed by atoms with van der Waals surface area (Å²) in [4.78, 5) is 0. The van der Waals surface area contributed by atoms with Crippen molar-refractivity contribution in [3.63, 3.8) is 0 Å². The van der Waals surface area contributed by atoms with Gasteiger partial charge in [0.2, 0.25) is 5.79 Å². The van der Waals surface area contributed by atoms with Crippen LogP contribution in [0.3, 0.4) is 0 Å². The van der Waals surface area contributed by atoms with E-state index in [0.29, 0.717) is 13.2 Å². The minimum absolute atomic E-state index is 0.582. The highest BCUT2D eigenvalue weighted by Crippen LogP contribution is 2.41. The van der Waals surface area contributed by atoms with Crippen LogP contribution in [-0.4, -0.2) is 18.3 Å². The maximum Gasteiger partial charge on any atom is 0.226 e. The number of hydrogen-bond acceptors (Lipinski definition) is 3.